The number of para-hydroxylation sites is 1. The largest absolute Gasteiger partial charge is 1.00 e. The third-order valence-electron chi connectivity index (χ3n) is 4.70. The first kappa shape index (κ1) is 22.8. The van der Waals surface area contributed by atoms with Crippen LogP contribution in [0.4, 0.5) is 0 Å². The van der Waals surface area contributed by atoms with Crippen molar-refractivity contribution in [2.45, 2.75) is 26.2 Å². The molecule has 8 heteroatoms. The summed E-state index contributed by atoms with van der Waals surface area (Å²) in [6.45, 7) is 2.04. The molecule has 4 rings (SSSR count). The number of hydrogen-bond acceptors (Lipinski definition) is 4. The minimum atomic E-state index is -0.302. The summed E-state index contributed by atoms with van der Waals surface area (Å²) in [7, 11) is 0. The third-order valence-corrected chi connectivity index (χ3v) is 5.76. The van der Waals surface area contributed by atoms with Gasteiger partial charge in [-0.25, -0.2) is 14.3 Å². The van der Waals surface area contributed by atoms with Gasteiger partial charge in [-0.15, -0.1) is 11.3 Å². The Morgan fingerprint density at radius 1 is 1.07 bits per heavy atom. The number of nitrogens with zero attached hydrogens (tertiary/aromatic N) is 3. The Morgan fingerprint density at radius 3 is 2.43 bits per heavy atom. The van der Waals surface area contributed by atoms with Gasteiger partial charge in [0.15, 0.2) is 0 Å². The molecule has 0 amide bonds. The average Bonchev–Trinajstić information content (AvgIpc) is 3.31. The van der Waals surface area contributed by atoms with Gasteiger partial charge in [-0.3, -0.25) is 4.79 Å². The van der Waals surface area contributed by atoms with E-state index in [2.05, 4.69) is 4.98 Å². The molecule has 2 heterocycles. The molecule has 0 saturated heterocycles. The third kappa shape index (κ3) is 4.43. The Labute approximate surface area is 205 Å². The summed E-state index contributed by atoms with van der Waals surface area (Å²) in [6, 6.07) is 16.5. The van der Waals surface area contributed by atoms with Crippen LogP contribution in [0.5, 0.6) is 5.88 Å². The van der Waals surface area contributed by atoms with Gasteiger partial charge in [0.1, 0.15) is 0 Å². The fourth-order valence-corrected chi connectivity index (χ4v) is 4.13. The summed E-state index contributed by atoms with van der Waals surface area (Å²) in [5.41, 5.74) is 2.30. The topological polar surface area (TPSA) is 62.9 Å². The molecule has 30 heavy (non-hydrogen) atoms. The van der Waals surface area contributed by atoms with E-state index in [1.54, 1.807) is 12.1 Å². The van der Waals surface area contributed by atoms with E-state index >= 15 is 0 Å². The molecule has 0 aliphatic carbocycles. The van der Waals surface area contributed by atoms with Gasteiger partial charge >= 0.3 is 29.6 Å². The predicted octanol–water partition coefficient (Wildman–Crippen LogP) is 1.83. The maximum atomic E-state index is 13.2. The number of halogens is 1. The second kappa shape index (κ2) is 9.98. The Balaban J connectivity index is 0.00000256. The Hall–Kier alpha value is -1.83. The number of benzene rings is 2. The van der Waals surface area contributed by atoms with Crippen LogP contribution in [0, 0.1) is 0 Å². The van der Waals surface area contributed by atoms with Gasteiger partial charge in [-0.2, -0.15) is 0 Å². The molecular weight excluding hydrogens is 429 g/mol. The number of hydrogen-bond donors (Lipinski definition) is 0. The van der Waals surface area contributed by atoms with E-state index in [1.165, 1.54) is 20.7 Å². The minimum absolute atomic E-state index is 0. The zero-order valence-corrected chi connectivity index (χ0v) is 20.4. The summed E-state index contributed by atoms with van der Waals surface area (Å²) < 4.78 is 2.82. The number of rotatable bonds is 6. The SMILES string of the molecule is CCCCc1c([O-])n(-c2nc(-c3ccc(Cl)cc3)cs2)n(-c2ccccc2)c1=O.[Na+]. The molecule has 5 nitrogen and oxygen atoms in total. The summed E-state index contributed by atoms with van der Waals surface area (Å²) >= 11 is 7.30. The molecule has 2 aromatic carbocycles. The van der Waals surface area contributed by atoms with Crippen molar-refractivity contribution in [2.24, 2.45) is 0 Å². The van der Waals surface area contributed by atoms with Crippen molar-refractivity contribution in [2.75, 3.05) is 0 Å². The Morgan fingerprint density at radius 2 is 1.77 bits per heavy atom. The van der Waals surface area contributed by atoms with Gasteiger partial charge < -0.3 is 5.11 Å². The fraction of sp³-hybridized carbons (Fsp3) is 0.182. The van der Waals surface area contributed by atoms with Crippen LogP contribution in [0.15, 0.2) is 64.8 Å². The average molecular weight is 448 g/mol. The first-order valence-corrected chi connectivity index (χ1v) is 10.7. The van der Waals surface area contributed by atoms with E-state index in [4.69, 9.17) is 11.6 Å². The van der Waals surface area contributed by atoms with Gasteiger partial charge in [-0.1, -0.05) is 55.3 Å². The fourth-order valence-electron chi connectivity index (χ4n) is 3.19. The maximum Gasteiger partial charge on any atom is 1.00 e. The molecule has 4 aromatic rings. The van der Waals surface area contributed by atoms with Crippen molar-refractivity contribution < 1.29 is 34.7 Å². The molecule has 0 saturated carbocycles. The van der Waals surface area contributed by atoms with Crippen molar-refractivity contribution in [3.63, 3.8) is 0 Å². The molecule has 0 unspecified atom stereocenters. The normalized spacial score (nSPS) is 10.7. The van der Waals surface area contributed by atoms with Gasteiger partial charge in [0, 0.05) is 21.5 Å². The van der Waals surface area contributed by atoms with Crippen LogP contribution in [-0.4, -0.2) is 14.3 Å². The van der Waals surface area contributed by atoms with Crippen molar-refractivity contribution >= 4 is 22.9 Å². The van der Waals surface area contributed by atoms with E-state index in [1.807, 2.05) is 54.8 Å². The first-order valence-electron chi connectivity index (χ1n) is 9.41. The van der Waals surface area contributed by atoms with Crippen LogP contribution in [0.1, 0.15) is 25.3 Å². The monoisotopic (exact) mass is 447 g/mol. The van der Waals surface area contributed by atoms with Crippen LogP contribution in [-0.2, 0) is 6.42 Å². The predicted molar refractivity (Wildman–Crippen MR) is 116 cm³/mol. The Bertz CT molecular complexity index is 1180. The second-order valence-electron chi connectivity index (χ2n) is 6.67. The van der Waals surface area contributed by atoms with Crippen LogP contribution < -0.4 is 40.2 Å². The van der Waals surface area contributed by atoms with Gasteiger partial charge in [-0.05, 0) is 43.0 Å². The summed E-state index contributed by atoms with van der Waals surface area (Å²) in [6.07, 6.45) is 2.16. The van der Waals surface area contributed by atoms with Crippen molar-refractivity contribution in [3.8, 4) is 28.0 Å². The molecule has 0 radical (unpaired) electrons. The standard InChI is InChI=1S/C22H20ClN3O2S.Na/c1-2-3-9-18-20(27)25(17-7-5-4-6-8-17)26(21(18)28)22-24-19(14-29-22)15-10-12-16(23)13-11-15;/h4-8,10-14,28H,2-3,9H2,1H3;/q;+1/p-1. The van der Waals surface area contributed by atoms with E-state index in [0.29, 0.717) is 27.8 Å². The molecular formula is C22H19ClN3NaO2S. The molecule has 0 aliphatic heterocycles. The zero-order valence-electron chi connectivity index (χ0n) is 16.8. The van der Waals surface area contributed by atoms with Gasteiger partial charge in [0.2, 0.25) is 5.13 Å². The molecule has 0 spiro atoms. The molecule has 0 aliphatic rings. The minimum Gasteiger partial charge on any atom is -0.858 e. The van der Waals surface area contributed by atoms with Crippen LogP contribution in [0.2, 0.25) is 5.02 Å². The van der Waals surface area contributed by atoms with Gasteiger partial charge in [0.25, 0.3) is 5.56 Å². The number of unbranched alkanes of at least 4 members (excludes halogenated alkanes) is 1. The smallest absolute Gasteiger partial charge is 0.858 e. The molecule has 0 N–H and O–H groups in total. The summed E-state index contributed by atoms with van der Waals surface area (Å²) in [5.74, 6) is -0.302. The van der Waals surface area contributed by atoms with E-state index in [9.17, 15) is 9.90 Å². The second-order valence-corrected chi connectivity index (χ2v) is 7.95. The van der Waals surface area contributed by atoms with Crippen molar-refractivity contribution in [1.82, 2.24) is 14.3 Å². The van der Waals surface area contributed by atoms with E-state index in [0.717, 1.165) is 24.1 Å². The zero-order chi connectivity index (χ0) is 20.4. The summed E-state index contributed by atoms with van der Waals surface area (Å²) in [5, 5.41) is 16.2. The number of aromatic nitrogens is 3. The van der Waals surface area contributed by atoms with Gasteiger partial charge in [0.05, 0.1) is 11.4 Å². The van der Waals surface area contributed by atoms with E-state index < -0.39 is 0 Å². The maximum absolute atomic E-state index is 13.2. The van der Waals surface area contributed by atoms with Crippen molar-refractivity contribution in [3.05, 3.63) is 80.9 Å². The molecule has 148 valence electrons. The quantitative estimate of drug-likeness (QED) is 0.424. The molecule has 2 aromatic heterocycles. The van der Waals surface area contributed by atoms with Crippen LogP contribution in [0.25, 0.3) is 22.1 Å². The molecule has 0 atom stereocenters. The Kier molecular flexibility index (Phi) is 7.60. The molecule has 0 bridgehead atoms. The van der Waals surface area contributed by atoms with Crippen molar-refractivity contribution in [1.29, 1.82) is 0 Å². The first-order chi connectivity index (χ1) is 14.1. The van der Waals surface area contributed by atoms with Crippen LogP contribution >= 0.6 is 22.9 Å². The number of thiazole rings is 1. The van der Waals surface area contributed by atoms with E-state index in [-0.39, 0.29) is 41.0 Å². The molecule has 0 fully saturated rings. The van der Waals surface area contributed by atoms with Crippen LogP contribution in [0.3, 0.4) is 0 Å². The summed E-state index contributed by atoms with van der Waals surface area (Å²) in [4.78, 5) is 17.7.